The van der Waals surface area contributed by atoms with Crippen LogP contribution in [0, 0.1) is 10.1 Å². The number of hydrogen-bond donors (Lipinski definition) is 3. The number of carbonyl (C=O) groups is 1. The van der Waals surface area contributed by atoms with Gasteiger partial charge in [0.2, 0.25) is 5.75 Å². The first-order valence-electron chi connectivity index (χ1n) is 7.80. The Morgan fingerprint density at radius 1 is 1.07 bits per heavy atom. The lowest BCUT2D eigenvalue weighted by atomic mass is 10.0. The lowest BCUT2D eigenvalue weighted by Gasteiger charge is -2.06. The van der Waals surface area contributed by atoms with E-state index in [2.05, 4.69) is 4.98 Å². The number of phenols is 3. The average molecular weight is 366 g/mol. The molecule has 0 aliphatic heterocycles. The van der Waals surface area contributed by atoms with Crippen molar-refractivity contribution in [2.24, 2.45) is 0 Å². The third-order valence-corrected chi connectivity index (χ3v) is 3.97. The van der Waals surface area contributed by atoms with Crippen LogP contribution in [0.25, 0.3) is 23.1 Å². The summed E-state index contributed by atoms with van der Waals surface area (Å²) < 4.78 is 0. The summed E-state index contributed by atoms with van der Waals surface area (Å²) in [5.74, 6) is -1.65. The Bertz CT molecular complexity index is 1120. The van der Waals surface area contributed by atoms with Gasteiger partial charge in [-0.15, -0.1) is 0 Å². The van der Waals surface area contributed by atoms with Gasteiger partial charge in [-0.25, -0.2) is 4.98 Å². The van der Waals surface area contributed by atoms with E-state index in [9.17, 15) is 30.2 Å². The van der Waals surface area contributed by atoms with E-state index < -0.39 is 22.1 Å². The summed E-state index contributed by atoms with van der Waals surface area (Å²) in [6.45, 7) is 1.42. The van der Waals surface area contributed by atoms with Gasteiger partial charge >= 0.3 is 5.69 Å². The number of nitro benzene ring substituents is 1. The van der Waals surface area contributed by atoms with Gasteiger partial charge in [-0.3, -0.25) is 14.9 Å². The molecule has 0 aliphatic rings. The molecule has 0 bridgehead atoms. The number of ketones is 1. The zero-order chi connectivity index (χ0) is 19.7. The first kappa shape index (κ1) is 17.9. The molecule has 8 heteroatoms. The number of nitro groups is 1. The minimum Gasteiger partial charge on any atom is -0.506 e. The van der Waals surface area contributed by atoms with Gasteiger partial charge in [-0.2, -0.15) is 0 Å². The Morgan fingerprint density at radius 3 is 2.48 bits per heavy atom. The molecule has 0 fully saturated rings. The largest absolute Gasteiger partial charge is 0.506 e. The summed E-state index contributed by atoms with van der Waals surface area (Å²) in [6, 6.07) is 8.47. The van der Waals surface area contributed by atoms with E-state index in [1.807, 2.05) is 0 Å². The topological polar surface area (TPSA) is 134 Å². The molecule has 0 radical (unpaired) electrons. The maximum atomic E-state index is 11.7. The quantitative estimate of drug-likeness (QED) is 0.278. The molecule has 1 aromatic heterocycles. The molecule has 0 atom stereocenters. The molecule has 3 aromatic rings. The van der Waals surface area contributed by atoms with Crippen LogP contribution in [0.1, 0.15) is 28.5 Å². The van der Waals surface area contributed by atoms with Crippen LogP contribution in [-0.2, 0) is 0 Å². The van der Waals surface area contributed by atoms with E-state index in [1.165, 1.54) is 37.3 Å². The summed E-state index contributed by atoms with van der Waals surface area (Å²) in [5, 5.41) is 40.6. The number of aromatic hydroxyl groups is 3. The lowest BCUT2D eigenvalue weighted by molar-refractivity contribution is -0.386. The normalized spacial score (nSPS) is 11.1. The van der Waals surface area contributed by atoms with Crippen molar-refractivity contribution in [2.75, 3.05) is 0 Å². The monoisotopic (exact) mass is 366 g/mol. The predicted octanol–water partition coefficient (Wildman–Crippen LogP) is 3.63. The summed E-state index contributed by atoms with van der Waals surface area (Å²) in [4.78, 5) is 26.1. The number of hydrogen-bond acceptors (Lipinski definition) is 7. The SMILES string of the molecule is CC(=O)c1ccc(O)c2nc(C=Cc3cc(O)c(O)c([N+](=O)[O-])c3)ccc12. The third-order valence-electron chi connectivity index (χ3n) is 3.97. The Hall–Kier alpha value is -3.94. The van der Waals surface area contributed by atoms with E-state index in [4.69, 9.17) is 0 Å². The Kier molecular flexibility index (Phi) is 4.47. The van der Waals surface area contributed by atoms with Crippen LogP contribution in [0.15, 0.2) is 36.4 Å². The molecule has 1 heterocycles. The highest BCUT2D eigenvalue weighted by molar-refractivity contribution is 6.07. The third kappa shape index (κ3) is 3.40. The van der Waals surface area contributed by atoms with Gasteiger partial charge in [0.05, 0.1) is 10.6 Å². The van der Waals surface area contributed by atoms with Crippen molar-refractivity contribution in [1.29, 1.82) is 0 Å². The van der Waals surface area contributed by atoms with E-state index in [0.717, 1.165) is 6.07 Å². The van der Waals surface area contributed by atoms with Crippen molar-refractivity contribution >= 4 is 34.5 Å². The number of benzene rings is 2. The number of fused-ring (bicyclic) bond motifs is 1. The van der Waals surface area contributed by atoms with Crippen molar-refractivity contribution in [2.45, 2.75) is 6.92 Å². The number of nitrogens with zero attached hydrogens (tertiary/aromatic N) is 2. The molecular weight excluding hydrogens is 352 g/mol. The van der Waals surface area contributed by atoms with Gasteiger partial charge in [0, 0.05) is 17.0 Å². The van der Waals surface area contributed by atoms with Crippen LogP contribution in [0.5, 0.6) is 17.2 Å². The number of rotatable bonds is 4. The first-order valence-corrected chi connectivity index (χ1v) is 7.80. The van der Waals surface area contributed by atoms with Crippen LogP contribution in [-0.4, -0.2) is 31.0 Å². The lowest BCUT2D eigenvalue weighted by Crippen LogP contribution is -1.95. The number of pyridine rings is 1. The van der Waals surface area contributed by atoms with Crippen LogP contribution in [0.4, 0.5) is 5.69 Å². The van der Waals surface area contributed by atoms with Gasteiger partial charge in [0.1, 0.15) is 11.3 Å². The maximum Gasteiger partial charge on any atom is 0.315 e. The van der Waals surface area contributed by atoms with Crippen molar-refractivity contribution in [3.05, 3.63) is 63.3 Å². The highest BCUT2D eigenvalue weighted by Gasteiger charge is 2.18. The zero-order valence-electron chi connectivity index (χ0n) is 14.1. The van der Waals surface area contributed by atoms with Gasteiger partial charge in [-0.1, -0.05) is 6.08 Å². The number of Topliss-reactive ketones (excluding diaryl/α,β-unsaturated/α-hetero) is 1. The molecule has 3 rings (SSSR count). The van der Waals surface area contributed by atoms with Crippen LogP contribution < -0.4 is 0 Å². The molecule has 0 unspecified atom stereocenters. The fraction of sp³-hybridized carbons (Fsp3) is 0.0526. The molecule has 0 amide bonds. The second-order valence-corrected chi connectivity index (χ2v) is 5.82. The Morgan fingerprint density at radius 2 is 1.81 bits per heavy atom. The van der Waals surface area contributed by atoms with E-state index in [1.54, 1.807) is 12.1 Å². The van der Waals surface area contributed by atoms with Crippen LogP contribution in [0.3, 0.4) is 0 Å². The first-order chi connectivity index (χ1) is 12.8. The Balaban J connectivity index is 2.04. The maximum absolute atomic E-state index is 11.7. The van der Waals surface area contributed by atoms with E-state index in [-0.39, 0.29) is 22.6 Å². The molecule has 8 nitrogen and oxygen atoms in total. The zero-order valence-corrected chi connectivity index (χ0v) is 14.1. The van der Waals surface area contributed by atoms with Gasteiger partial charge < -0.3 is 15.3 Å². The predicted molar refractivity (Wildman–Crippen MR) is 98.8 cm³/mol. The summed E-state index contributed by atoms with van der Waals surface area (Å²) in [7, 11) is 0. The number of carbonyl (C=O) groups excluding carboxylic acids is 1. The van der Waals surface area contributed by atoms with E-state index in [0.29, 0.717) is 16.6 Å². The molecule has 136 valence electrons. The smallest absolute Gasteiger partial charge is 0.315 e. The standard InChI is InChI=1S/C19H14N2O6/c1-10(22)13-6-7-16(23)18-14(13)5-4-12(20-18)3-2-11-8-15(21(26)27)19(25)17(24)9-11/h2-9,23-25H,1H3. The molecule has 0 saturated heterocycles. The highest BCUT2D eigenvalue weighted by Crippen LogP contribution is 2.36. The van der Waals surface area contributed by atoms with Gasteiger partial charge in [0.25, 0.3) is 0 Å². The van der Waals surface area contributed by atoms with Crippen molar-refractivity contribution < 1.29 is 25.0 Å². The van der Waals surface area contributed by atoms with E-state index >= 15 is 0 Å². The summed E-state index contributed by atoms with van der Waals surface area (Å²) in [5.41, 5.74) is 0.772. The second-order valence-electron chi connectivity index (χ2n) is 5.82. The van der Waals surface area contributed by atoms with Crippen molar-refractivity contribution in [1.82, 2.24) is 4.98 Å². The van der Waals surface area contributed by atoms with Crippen LogP contribution in [0.2, 0.25) is 0 Å². The molecule has 3 N–H and O–H groups in total. The molecule has 0 spiro atoms. The Labute approximate surface area is 152 Å². The van der Waals surface area contributed by atoms with Crippen molar-refractivity contribution in [3.63, 3.8) is 0 Å². The summed E-state index contributed by atoms with van der Waals surface area (Å²) >= 11 is 0. The second kappa shape index (κ2) is 6.75. The fourth-order valence-electron chi connectivity index (χ4n) is 2.66. The molecule has 0 aliphatic carbocycles. The average Bonchev–Trinajstić information content (AvgIpc) is 2.62. The van der Waals surface area contributed by atoms with Gasteiger partial charge in [-0.05, 0) is 48.9 Å². The van der Waals surface area contributed by atoms with Crippen LogP contribution >= 0.6 is 0 Å². The minimum atomic E-state index is -0.804. The summed E-state index contributed by atoms with van der Waals surface area (Å²) in [6.07, 6.45) is 2.99. The fourth-order valence-corrected chi connectivity index (χ4v) is 2.66. The highest BCUT2D eigenvalue weighted by atomic mass is 16.6. The molecular formula is C19H14N2O6. The number of aromatic nitrogens is 1. The van der Waals surface area contributed by atoms with Gasteiger partial charge in [0.15, 0.2) is 11.5 Å². The molecule has 2 aromatic carbocycles. The van der Waals surface area contributed by atoms with Crippen molar-refractivity contribution in [3.8, 4) is 17.2 Å². The molecule has 27 heavy (non-hydrogen) atoms. The number of phenolic OH excluding ortho intramolecular Hbond substituents is 3. The minimum absolute atomic E-state index is 0.0804. The molecule has 0 saturated carbocycles.